The predicted octanol–water partition coefficient (Wildman–Crippen LogP) is 3.25. The summed E-state index contributed by atoms with van der Waals surface area (Å²) < 4.78 is 0. The number of piperidine rings is 1. The Balaban J connectivity index is 0.00000242. The van der Waals surface area contributed by atoms with Gasteiger partial charge in [-0.2, -0.15) is 0 Å². The van der Waals surface area contributed by atoms with Crippen molar-refractivity contribution < 1.29 is 4.79 Å². The Kier molecular flexibility index (Phi) is 11.1. The molecule has 2 rings (SSSR count). The zero-order valence-corrected chi connectivity index (χ0v) is 15.6. The Morgan fingerprint density at radius 3 is 2.30 bits per heavy atom. The summed E-state index contributed by atoms with van der Waals surface area (Å²) in [6, 6.07) is 8.28. The number of nitrogens with zero attached hydrogens (tertiary/aromatic N) is 1. The number of carbonyl (C=O) groups excluding carboxylic acids is 1. The number of hydrogen-bond donors (Lipinski definition) is 2. The van der Waals surface area contributed by atoms with Crippen LogP contribution in [0.25, 0.3) is 0 Å². The Morgan fingerprint density at radius 2 is 1.78 bits per heavy atom. The van der Waals surface area contributed by atoms with Crippen LogP contribution in [0, 0.1) is 0 Å². The second-order valence-electron chi connectivity index (χ2n) is 5.62. The van der Waals surface area contributed by atoms with E-state index in [2.05, 4.69) is 41.5 Å². The van der Waals surface area contributed by atoms with Gasteiger partial charge in [0, 0.05) is 30.4 Å². The smallest absolute Gasteiger partial charge is 0.251 e. The molecule has 1 saturated heterocycles. The van der Waals surface area contributed by atoms with E-state index in [0.717, 1.165) is 51.0 Å². The van der Waals surface area contributed by atoms with Gasteiger partial charge in [0.15, 0.2) is 0 Å². The quantitative estimate of drug-likeness (QED) is 0.817. The largest absolute Gasteiger partial charge is 0.372 e. The summed E-state index contributed by atoms with van der Waals surface area (Å²) in [7, 11) is 0. The molecule has 1 amide bonds. The first kappa shape index (κ1) is 22.0. The van der Waals surface area contributed by atoms with Gasteiger partial charge in [0.1, 0.15) is 0 Å². The van der Waals surface area contributed by atoms with E-state index in [1.54, 1.807) is 0 Å². The first-order valence-electron chi connectivity index (χ1n) is 8.11. The van der Waals surface area contributed by atoms with Crippen LogP contribution in [0.3, 0.4) is 0 Å². The predicted molar refractivity (Wildman–Crippen MR) is 102 cm³/mol. The molecule has 2 N–H and O–H groups in total. The molecule has 132 valence electrons. The fourth-order valence-electron chi connectivity index (χ4n) is 2.80. The average molecular weight is 362 g/mol. The maximum atomic E-state index is 12.2. The van der Waals surface area contributed by atoms with E-state index in [-0.39, 0.29) is 30.7 Å². The summed E-state index contributed by atoms with van der Waals surface area (Å²) in [5.74, 6) is 0.0481. The van der Waals surface area contributed by atoms with Gasteiger partial charge in [0.25, 0.3) is 5.91 Å². The van der Waals surface area contributed by atoms with Crippen LogP contribution in [0.5, 0.6) is 0 Å². The van der Waals surface area contributed by atoms with E-state index >= 15 is 0 Å². The van der Waals surface area contributed by atoms with Crippen LogP contribution < -0.4 is 15.5 Å². The van der Waals surface area contributed by atoms with Gasteiger partial charge < -0.3 is 15.5 Å². The van der Waals surface area contributed by atoms with Crippen molar-refractivity contribution >= 4 is 36.4 Å². The monoisotopic (exact) mass is 361 g/mol. The van der Waals surface area contributed by atoms with Crippen molar-refractivity contribution in [2.75, 3.05) is 31.1 Å². The minimum Gasteiger partial charge on any atom is -0.372 e. The lowest BCUT2D eigenvalue weighted by molar-refractivity contribution is 0.0929. The third-order valence-corrected chi connectivity index (χ3v) is 4.04. The second kappa shape index (κ2) is 11.5. The summed E-state index contributed by atoms with van der Waals surface area (Å²) in [6.45, 7) is 8.38. The van der Waals surface area contributed by atoms with E-state index in [9.17, 15) is 4.79 Å². The highest BCUT2D eigenvalue weighted by Gasteiger charge is 2.16. The Labute approximate surface area is 152 Å². The molecular formula is C17H29Cl2N3O. The molecule has 4 nitrogen and oxygen atoms in total. The molecule has 1 aromatic rings. The molecule has 1 aliphatic rings. The first-order valence-corrected chi connectivity index (χ1v) is 8.11. The number of rotatable bonds is 6. The van der Waals surface area contributed by atoms with Crippen molar-refractivity contribution in [1.82, 2.24) is 10.6 Å². The first-order chi connectivity index (χ1) is 10.2. The van der Waals surface area contributed by atoms with Gasteiger partial charge in [-0.1, -0.05) is 6.92 Å². The number of carbonyl (C=O) groups is 1. The van der Waals surface area contributed by atoms with Crippen molar-refractivity contribution in [2.24, 2.45) is 0 Å². The Hall–Kier alpha value is -0.970. The molecule has 1 aliphatic heterocycles. The molecule has 0 aliphatic carbocycles. The molecule has 23 heavy (non-hydrogen) atoms. The normalized spacial score (nSPS) is 14.3. The van der Waals surface area contributed by atoms with Gasteiger partial charge in [-0.15, -0.1) is 24.8 Å². The van der Waals surface area contributed by atoms with Crippen LogP contribution in [-0.4, -0.2) is 38.1 Å². The van der Waals surface area contributed by atoms with Crippen LogP contribution in [0.15, 0.2) is 24.3 Å². The van der Waals surface area contributed by atoms with Crippen molar-refractivity contribution in [3.05, 3.63) is 29.8 Å². The third kappa shape index (κ3) is 6.58. The van der Waals surface area contributed by atoms with Gasteiger partial charge in [0.2, 0.25) is 0 Å². The van der Waals surface area contributed by atoms with Crippen molar-refractivity contribution in [3.63, 3.8) is 0 Å². The number of amides is 1. The Morgan fingerprint density at radius 1 is 1.17 bits per heavy atom. The summed E-state index contributed by atoms with van der Waals surface area (Å²) in [5, 5.41) is 6.44. The summed E-state index contributed by atoms with van der Waals surface area (Å²) in [6.07, 6.45) is 3.17. The maximum Gasteiger partial charge on any atom is 0.251 e. The van der Waals surface area contributed by atoms with E-state index in [1.807, 2.05) is 12.1 Å². The Bertz CT molecular complexity index is 448. The fourth-order valence-corrected chi connectivity index (χ4v) is 2.80. The molecule has 6 heteroatoms. The number of nitrogens with one attached hydrogen (secondary N) is 2. The van der Waals surface area contributed by atoms with Crippen molar-refractivity contribution in [1.29, 1.82) is 0 Å². The lowest BCUT2D eigenvalue weighted by Gasteiger charge is -2.24. The van der Waals surface area contributed by atoms with E-state index in [4.69, 9.17) is 0 Å². The number of hydrogen-bond acceptors (Lipinski definition) is 3. The van der Waals surface area contributed by atoms with E-state index in [0.29, 0.717) is 6.04 Å². The topological polar surface area (TPSA) is 44.4 Å². The van der Waals surface area contributed by atoms with Gasteiger partial charge in [-0.05, 0) is 63.5 Å². The molecule has 1 fully saturated rings. The van der Waals surface area contributed by atoms with Gasteiger partial charge in [-0.25, -0.2) is 0 Å². The highest BCUT2D eigenvalue weighted by Crippen LogP contribution is 2.16. The van der Waals surface area contributed by atoms with Gasteiger partial charge in [-0.3, -0.25) is 4.79 Å². The molecule has 1 aromatic carbocycles. The summed E-state index contributed by atoms with van der Waals surface area (Å²) >= 11 is 0. The van der Waals surface area contributed by atoms with Gasteiger partial charge >= 0.3 is 0 Å². The second-order valence-corrected chi connectivity index (χ2v) is 5.62. The summed E-state index contributed by atoms with van der Waals surface area (Å²) in [4.78, 5) is 14.6. The number of benzene rings is 1. The molecule has 0 unspecified atom stereocenters. The fraction of sp³-hybridized carbons (Fsp3) is 0.588. The molecule has 0 saturated carbocycles. The molecule has 0 bridgehead atoms. The molecular weight excluding hydrogens is 333 g/mol. The molecule has 0 aromatic heterocycles. The van der Waals surface area contributed by atoms with Crippen LogP contribution in [-0.2, 0) is 0 Å². The SMILES string of the molecule is CCCN(CC)c1ccc(C(=O)NC2CCNCC2)cc1.Cl.Cl. The minimum atomic E-state index is 0. The van der Waals surface area contributed by atoms with E-state index in [1.165, 1.54) is 5.69 Å². The maximum absolute atomic E-state index is 12.2. The van der Waals surface area contributed by atoms with Crippen LogP contribution >= 0.6 is 24.8 Å². The van der Waals surface area contributed by atoms with Crippen LogP contribution in [0.2, 0.25) is 0 Å². The molecule has 0 radical (unpaired) electrons. The lowest BCUT2D eigenvalue weighted by Crippen LogP contribution is -2.42. The van der Waals surface area contributed by atoms with E-state index < -0.39 is 0 Å². The standard InChI is InChI=1S/C17H27N3O.2ClH/c1-3-13-20(4-2)16-7-5-14(6-8-16)17(21)19-15-9-11-18-12-10-15;;/h5-8,15,18H,3-4,9-13H2,1-2H3,(H,19,21);2*1H. The van der Waals surface area contributed by atoms with Gasteiger partial charge in [0.05, 0.1) is 0 Å². The number of halogens is 2. The zero-order chi connectivity index (χ0) is 15.1. The number of anilines is 1. The zero-order valence-electron chi connectivity index (χ0n) is 14.0. The highest BCUT2D eigenvalue weighted by atomic mass is 35.5. The molecule has 1 heterocycles. The molecule has 0 atom stereocenters. The lowest BCUT2D eigenvalue weighted by atomic mass is 10.1. The third-order valence-electron chi connectivity index (χ3n) is 4.04. The minimum absolute atomic E-state index is 0. The van der Waals surface area contributed by atoms with Crippen molar-refractivity contribution in [2.45, 2.75) is 39.2 Å². The molecule has 0 spiro atoms. The van der Waals surface area contributed by atoms with Crippen LogP contribution in [0.4, 0.5) is 5.69 Å². The van der Waals surface area contributed by atoms with Crippen LogP contribution in [0.1, 0.15) is 43.5 Å². The average Bonchev–Trinajstić information content (AvgIpc) is 2.54. The highest BCUT2D eigenvalue weighted by molar-refractivity contribution is 5.94. The summed E-state index contributed by atoms with van der Waals surface area (Å²) in [5.41, 5.74) is 1.95. The van der Waals surface area contributed by atoms with Crippen molar-refractivity contribution in [3.8, 4) is 0 Å².